The highest BCUT2D eigenvalue weighted by Crippen LogP contribution is 2.50. The van der Waals surface area contributed by atoms with E-state index in [1.165, 1.54) is 0 Å². The molecule has 0 heterocycles. The fourth-order valence-corrected chi connectivity index (χ4v) is 9.87. The normalized spacial score (nSPS) is 12.7. The van der Waals surface area contributed by atoms with E-state index in [2.05, 4.69) is 26.8 Å². The zero-order valence-corrected chi connectivity index (χ0v) is 46.1. The summed E-state index contributed by atoms with van der Waals surface area (Å²) < 4.78 is 16.1. The minimum absolute atomic E-state index is 0. The lowest BCUT2D eigenvalue weighted by atomic mass is 9.98. The second-order valence-electron chi connectivity index (χ2n) is 19.0. The predicted octanol–water partition coefficient (Wildman–Crippen LogP) is 16.3. The second-order valence-corrected chi connectivity index (χ2v) is 19.0. The quantitative estimate of drug-likeness (QED) is 0.0320. The fraction of sp³-hybridized carbons (Fsp3) is 0.257. The number of amides is 1. The van der Waals surface area contributed by atoms with E-state index in [0.29, 0.717) is 87.6 Å². The molecule has 9 rings (SSSR count). The van der Waals surface area contributed by atoms with Crippen LogP contribution in [0.5, 0.6) is 0 Å². The Hall–Kier alpha value is -10.6. The van der Waals surface area contributed by atoms with E-state index in [9.17, 15) is 35.0 Å². The molecule has 0 saturated heterocycles. The summed E-state index contributed by atoms with van der Waals surface area (Å²) in [4.78, 5) is 60.6. The summed E-state index contributed by atoms with van der Waals surface area (Å²) >= 11 is 0. The van der Waals surface area contributed by atoms with Crippen LogP contribution in [0.15, 0.2) is 138 Å². The number of fused-ring (bicyclic) bond motifs is 9. The zero-order chi connectivity index (χ0) is 58.7. The number of hydrogen-bond acceptors (Lipinski definition) is 10. The van der Waals surface area contributed by atoms with Gasteiger partial charge in [-0.1, -0.05) is 159 Å². The number of allylic oxidation sites excluding steroid dienone is 3. The average molecular weight is 1120 g/mol. The Morgan fingerprint density at radius 1 is 0.429 bits per heavy atom. The molecule has 1 amide bonds. The predicted molar refractivity (Wildman–Crippen MR) is 327 cm³/mol. The first-order chi connectivity index (χ1) is 40.0. The van der Waals surface area contributed by atoms with E-state index in [-0.39, 0.29) is 43.8 Å². The van der Waals surface area contributed by atoms with Crippen molar-refractivity contribution < 1.29 is 33.4 Å². The van der Waals surface area contributed by atoms with Gasteiger partial charge in [-0.3, -0.25) is 4.79 Å². The summed E-state index contributed by atoms with van der Waals surface area (Å²) in [5.41, 5.74) is 12.3. The maximum Gasteiger partial charge on any atom is 0.338 e. The number of carbonyl (C=O) groups is 4. The van der Waals surface area contributed by atoms with Crippen molar-refractivity contribution in [3.8, 4) is 51.6 Å². The molecule has 0 aliphatic heterocycles. The van der Waals surface area contributed by atoms with Gasteiger partial charge in [0.2, 0.25) is 0 Å². The number of benzene rings is 6. The van der Waals surface area contributed by atoms with Gasteiger partial charge in [-0.05, 0) is 106 Å². The van der Waals surface area contributed by atoms with Crippen LogP contribution in [0.4, 0.5) is 0 Å². The topological polar surface area (TPSA) is 192 Å². The molecule has 0 saturated carbocycles. The van der Waals surface area contributed by atoms with Crippen molar-refractivity contribution in [1.29, 1.82) is 15.8 Å². The Labute approximate surface area is 493 Å². The number of nitriles is 3. The van der Waals surface area contributed by atoms with Gasteiger partial charge in [0.1, 0.15) is 0 Å². The number of rotatable bonds is 16. The monoisotopic (exact) mass is 1120 g/mol. The van der Waals surface area contributed by atoms with Crippen molar-refractivity contribution in [2.75, 3.05) is 26.4 Å². The first-order valence-electron chi connectivity index (χ1n) is 27.1. The molecule has 6 aromatic rings. The maximum absolute atomic E-state index is 12.8. The number of carbonyl (C=O) groups excluding carboxylic acids is 4. The highest BCUT2D eigenvalue weighted by molar-refractivity contribution is 6.13. The Kier molecular flexibility index (Phi) is 23.5. The van der Waals surface area contributed by atoms with Crippen LogP contribution in [-0.4, -0.2) is 50.2 Å². The van der Waals surface area contributed by atoms with Crippen molar-refractivity contribution in [1.82, 2.24) is 5.32 Å². The number of nitrogens with one attached hydrogen (secondary N) is 1. The van der Waals surface area contributed by atoms with E-state index in [4.69, 9.17) is 33.9 Å². The highest BCUT2D eigenvalue weighted by Gasteiger charge is 2.34. The minimum atomic E-state index is -0.461. The van der Waals surface area contributed by atoms with E-state index < -0.39 is 11.9 Å². The van der Waals surface area contributed by atoms with Crippen LogP contribution in [0.2, 0.25) is 0 Å². The van der Waals surface area contributed by atoms with Crippen LogP contribution in [0, 0.1) is 53.7 Å². The SMILES string of the molecule is C.C.[C-]#[N+]/C(C#N)=C1\c2cc(C(=O)OCCCC)ccc2-c2c(C(=O)OCCCC)cccc21.[C-]#[N+]/C(C#N)=C1\c2ccccc2-c2c(C(=O)NCCCC)cccc21.[C-]#[N+]/C(C#N)=C1\c2ccccc2-c2c(C(=O)OCCCC)cccc21. The van der Waals surface area contributed by atoms with Gasteiger partial charge in [0.25, 0.3) is 23.0 Å². The van der Waals surface area contributed by atoms with Gasteiger partial charge in [-0.15, -0.1) is 0 Å². The Morgan fingerprint density at radius 2 is 0.774 bits per heavy atom. The molecule has 0 aromatic heterocycles. The highest BCUT2D eigenvalue weighted by atomic mass is 16.5. The fourth-order valence-electron chi connectivity index (χ4n) is 9.87. The lowest BCUT2D eigenvalue weighted by Crippen LogP contribution is -2.24. The van der Waals surface area contributed by atoms with Gasteiger partial charge in [-0.25, -0.2) is 44.7 Å². The van der Waals surface area contributed by atoms with E-state index in [0.717, 1.165) is 95.9 Å². The molecule has 1 N–H and O–H groups in total. The standard InChI is InChI=1S/C26H24N2O4.C21H17N3O.C21H16N2O2.2CH4/c1-4-6-13-31-25(29)17-11-12-18-21(15-17)24(22(16-27)28-3)19-9-8-10-20(23(18)19)26(30)32-14-7-5-2;1-3-4-12-24-21(25)17-11-7-10-16-19(17)14-8-5-6-9-15(14)20(16)18(13-22)23-2;1-3-4-12-25-21(24)17-11-7-10-16-19(17)14-8-5-6-9-15(14)20(16)18(13-22)23-2;;/h8-12,15H,4-7,13-14H2,1-2H3;5-11H,3-4,12H2,1H3,(H,24,25);5-11H,3-4,12H2,1H3;2*1H4/b24-22-;2*20-18+;;. The van der Waals surface area contributed by atoms with Crippen LogP contribution in [0.1, 0.15) is 169 Å². The van der Waals surface area contributed by atoms with Gasteiger partial charge < -0.3 is 19.5 Å². The van der Waals surface area contributed by atoms with Gasteiger partial charge >= 0.3 is 17.9 Å². The molecule has 3 aliphatic carbocycles. The largest absolute Gasteiger partial charge is 0.462 e. The summed E-state index contributed by atoms with van der Waals surface area (Å²) in [6.45, 7) is 31.9. The molecule has 84 heavy (non-hydrogen) atoms. The molecule has 0 atom stereocenters. The molecule has 0 fully saturated rings. The van der Waals surface area contributed by atoms with Crippen molar-refractivity contribution in [3.05, 3.63) is 228 Å². The van der Waals surface area contributed by atoms with Gasteiger partial charge in [0.15, 0.2) is 0 Å². The Balaban J connectivity index is 0.000000230. The third kappa shape index (κ3) is 13.4. The van der Waals surface area contributed by atoms with Crippen molar-refractivity contribution in [2.45, 2.75) is 93.9 Å². The molecular formula is C70H65N7O7. The van der Waals surface area contributed by atoms with Gasteiger partial charge in [0.05, 0.1) is 74.4 Å². The molecule has 0 unspecified atom stereocenters. The number of esters is 3. The molecule has 6 aromatic carbocycles. The zero-order valence-electron chi connectivity index (χ0n) is 46.1. The average Bonchev–Trinajstić information content (AvgIpc) is 3.83. The third-order valence-electron chi connectivity index (χ3n) is 13.8. The molecular weight excluding hydrogens is 1050 g/mol. The number of nitrogens with zero attached hydrogens (tertiary/aromatic N) is 6. The summed E-state index contributed by atoms with van der Waals surface area (Å²) in [7, 11) is 0. The van der Waals surface area contributed by atoms with Crippen LogP contribution in [0.25, 0.3) is 64.6 Å². The number of ether oxygens (including phenoxy) is 3. The maximum atomic E-state index is 12.8. The first-order valence-corrected chi connectivity index (χ1v) is 27.1. The number of unbranched alkanes of at least 4 members (excludes halogenated alkanes) is 4. The molecule has 14 heteroatoms. The number of hydrogen-bond donors (Lipinski definition) is 1. The smallest absolute Gasteiger partial charge is 0.338 e. The summed E-state index contributed by atoms with van der Waals surface area (Å²) in [6.07, 6.45) is 7.07. The lowest BCUT2D eigenvalue weighted by molar-refractivity contribution is 0.0490. The Morgan fingerprint density at radius 3 is 1.17 bits per heavy atom. The van der Waals surface area contributed by atoms with Crippen LogP contribution >= 0.6 is 0 Å². The molecule has 3 aliphatic rings. The molecule has 0 radical (unpaired) electrons. The lowest BCUT2D eigenvalue weighted by Gasteiger charge is -2.10. The summed E-state index contributed by atoms with van der Waals surface area (Å²) in [6, 6.07) is 42.0. The van der Waals surface area contributed by atoms with Crippen molar-refractivity contribution in [2.24, 2.45) is 0 Å². The second kappa shape index (κ2) is 30.8. The van der Waals surface area contributed by atoms with Gasteiger partial charge in [0, 0.05) is 45.5 Å². The van der Waals surface area contributed by atoms with Crippen LogP contribution in [-0.2, 0) is 14.2 Å². The van der Waals surface area contributed by atoms with Crippen molar-refractivity contribution in [3.63, 3.8) is 0 Å². The summed E-state index contributed by atoms with van der Waals surface area (Å²) in [5, 5.41) is 31.2. The molecule has 0 spiro atoms. The minimum Gasteiger partial charge on any atom is -0.462 e. The van der Waals surface area contributed by atoms with Crippen LogP contribution in [0.3, 0.4) is 0 Å². The van der Waals surface area contributed by atoms with E-state index in [1.54, 1.807) is 60.7 Å². The van der Waals surface area contributed by atoms with Gasteiger partial charge in [-0.2, -0.15) is 0 Å². The van der Waals surface area contributed by atoms with Crippen molar-refractivity contribution >= 4 is 40.5 Å². The van der Waals surface area contributed by atoms with E-state index >= 15 is 0 Å². The van der Waals surface area contributed by atoms with Crippen LogP contribution < -0.4 is 5.32 Å². The van der Waals surface area contributed by atoms with E-state index in [1.807, 2.05) is 99.6 Å². The Bertz CT molecular complexity index is 3670. The molecule has 14 nitrogen and oxygen atoms in total. The molecule has 422 valence electrons. The molecule has 0 bridgehead atoms. The third-order valence-corrected chi connectivity index (χ3v) is 13.8. The first kappa shape index (κ1) is 64.2. The summed E-state index contributed by atoms with van der Waals surface area (Å²) in [5.74, 6) is -1.41.